The van der Waals surface area contributed by atoms with E-state index in [1.54, 1.807) is 6.92 Å². The van der Waals surface area contributed by atoms with Crippen LogP contribution in [0.1, 0.15) is 37.0 Å². The van der Waals surface area contributed by atoms with Crippen LogP contribution in [0.2, 0.25) is 5.02 Å². The number of benzene rings is 1. The van der Waals surface area contributed by atoms with Crippen molar-refractivity contribution in [2.75, 3.05) is 6.61 Å². The lowest BCUT2D eigenvalue weighted by molar-refractivity contribution is -0.143. The van der Waals surface area contributed by atoms with Gasteiger partial charge in [-0.1, -0.05) is 25.4 Å². The van der Waals surface area contributed by atoms with E-state index in [1.807, 2.05) is 6.92 Å². The standard InChI is InChI=1S/C14H16ClFO4S/c1-3-5-20-14(19)11(4-2)21-12-6-8(13(17)18)10(16)7-9(12)15/h6-7,11H,3-5H2,1-2H3,(H,17,18). The zero-order valence-electron chi connectivity index (χ0n) is 11.7. The lowest BCUT2D eigenvalue weighted by atomic mass is 10.2. The Balaban J connectivity index is 2.96. The first-order valence-corrected chi connectivity index (χ1v) is 7.72. The number of carbonyl (C=O) groups is 2. The molecule has 0 amide bonds. The van der Waals surface area contributed by atoms with Gasteiger partial charge in [0.1, 0.15) is 11.1 Å². The predicted octanol–water partition coefficient (Wildman–Crippen LogP) is 4.00. The van der Waals surface area contributed by atoms with E-state index in [1.165, 1.54) is 0 Å². The Morgan fingerprint density at radius 1 is 1.43 bits per heavy atom. The Morgan fingerprint density at radius 2 is 2.10 bits per heavy atom. The summed E-state index contributed by atoms with van der Waals surface area (Å²) < 4.78 is 18.5. The highest BCUT2D eigenvalue weighted by Gasteiger charge is 2.22. The van der Waals surface area contributed by atoms with Crippen molar-refractivity contribution in [3.8, 4) is 0 Å². The molecule has 0 heterocycles. The molecule has 21 heavy (non-hydrogen) atoms. The Labute approximate surface area is 131 Å². The van der Waals surface area contributed by atoms with Gasteiger partial charge in [-0.25, -0.2) is 9.18 Å². The number of rotatable bonds is 7. The molecule has 0 aliphatic rings. The molecule has 0 fully saturated rings. The van der Waals surface area contributed by atoms with Gasteiger partial charge >= 0.3 is 11.9 Å². The van der Waals surface area contributed by atoms with Crippen molar-refractivity contribution < 1.29 is 23.8 Å². The number of esters is 1. The van der Waals surface area contributed by atoms with Gasteiger partial charge in [-0.2, -0.15) is 0 Å². The van der Waals surface area contributed by atoms with Crippen LogP contribution in [0.3, 0.4) is 0 Å². The molecule has 0 saturated heterocycles. The summed E-state index contributed by atoms with van der Waals surface area (Å²) in [4.78, 5) is 23.1. The zero-order valence-corrected chi connectivity index (χ0v) is 13.3. The fourth-order valence-electron chi connectivity index (χ4n) is 1.53. The SMILES string of the molecule is CCCOC(=O)C(CC)Sc1cc(C(=O)O)c(F)cc1Cl. The summed E-state index contributed by atoms with van der Waals surface area (Å²) in [6.45, 7) is 4.02. The fraction of sp³-hybridized carbons (Fsp3) is 0.429. The molecule has 0 spiro atoms. The van der Waals surface area contributed by atoms with E-state index in [9.17, 15) is 14.0 Å². The Hall–Kier alpha value is -1.27. The summed E-state index contributed by atoms with van der Waals surface area (Å²) in [5.41, 5.74) is -0.473. The number of carboxylic acid groups (broad SMARTS) is 1. The zero-order chi connectivity index (χ0) is 16.0. The smallest absolute Gasteiger partial charge is 0.338 e. The molecule has 0 aromatic heterocycles. The molecule has 1 atom stereocenters. The van der Waals surface area contributed by atoms with Crippen LogP contribution in [-0.2, 0) is 9.53 Å². The van der Waals surface area contributed by atoms with E-state index < -0.39 is 22.6 Å². The first-order chi connectivity index (χ1) is 9.90. The number of aromatic carboxylic acids is 1. The normalized spacial score (nSPS) is 12.0. The molecule has 0 saturated carbocycles. The Bertz CT molecular complexity index is 536. The van der Waals surface area contributed by atoms with Crippen molar-refractivity contribution in [3.05, 3.63) is 28.5 Å². The number of halogens is 2. The van der Waals surface area contributed by atoms with Crippen molar-refractivity contribution in [2.45, 2.75) is 36.8 Å². The minimum absolute atomic E-state index is 0.0734. The van der Waals surface area contributed by atoms with E-state index in [4.69, 9.17) is 21.4 Å². The third-order valence-electron chi connectivity index (χ3n) is 2.60. The first kappa shape index (κ1) is 17.8. The maximum Gasteiger partial charge on any atom is 0.338 e. The molecule has 1 unspecified atom stereocenters. The van der Waals surface area contributed by atoms with Crippen LogP contribution in [0.15, 0.2) is 17.0 Å². The Morgan fingerprint density at radius 3 is 2.62 bits per heavy atom. The average Bonchev–Trinajstić information content (AvgIpc) is 2.43. The maximum atomic E-state index is 13.5. The van der Waals surface area contributed by atoms with E-state index >= 15 is 0 Å². The van der Waals surface area contributed by atoms with Crippen LogP contribution >= 0.6 is 23.4 Å². The average molecular weight is 335 g/mol. The van der Waals surface area contributed by atoms with Gasteiger partial charge in [0, 0.05) is 4.90 Å². The summed E-state index contributed by atoms with van der Waals surface area (Å²) in [7, 11) is 0. The van der Waals surface area contributed by atoms with Gasteiger partial charge < -0.3 is 9.84 Å². The second-order valence-electron chi connectivity index (χ2n) is 4.25. The largest absolute Gasteiger partial charge is 0.478 e. The van der Waals surface area contributed by atoms with Crippen LogP contribution < -0.4 is 0 Å². The van der Waals surface area contributed by atoms with Crippen LogP contribution in [0.25, 0.3) is 0 Å². The van der Waals surface area contributed by atoms with Crippen LogP contribution in [0, 0.1) is 5.82 Å². The third-order valence-corrected chi connectivity index (χ3v) is 4.43. The molecule has 0 bridgehead atoms. The van der Waals surface area contributed by atoms with Crippen molar-refractivity contribution >= 4 is 35.3 Å². The summed E-state index contributed by atoms with van der Waals surface area (Å²) in [6.07, 6.45) is 1.20. The van der Waals surface area contributed by atoms with E-state index in [0.717, 1.165) is 23.9 Å². The highest BCUT2D eigenvalue weighted by atomic mass is 35.5. The van der Waals surface area contributed by atoms with Gasteiger partial charge in [0.05, 0.1) is 17.2 Å². The van der Waals surface area contributed by atoms with E-state index in [0.29, 0.717) is 24.3 Å². The van der Waals surface area contributed by atoms with Gasteiger partial charge in [0.2, 0.25) is 0 Å². The highest BCUT2D eigenvalue weighted by Crippen LogP contribution is 2.34. The van der Waals surface area contributed by atoms with Crippen molar-refractivity contribution in [2.24, 2.45) is 0 Å². The van der Waals surface area contributed by atoms with Gasteiger partial charge in [0.15, 0.2) is 0 Å². The number of carboxylic acids is 1. The summed E-state index contributed by atoms with van der Waals surface area (Å²) in [5.74, 6) is -2.67. The van der Waals surface area contributed by atoms with Crippen LogP contribution in [0.4, 0.5) is 4.39 Å². The predicted molar refractivity (Wildman–Crippen MR) is 79.6 cm³/mol. The second kappa shape index (κ2) is 8.24. The number of hydrogen-bond donors (Lipinski definition) is 1. The molecule has 4 nitrogen and oxygen atoms in total. The van der Waals surface area contributed by atoms with Gasteiger partial charge in [-0.15, -0.1) is 11.8 Å². The lowest BCUT2D eigenvalue weighted by Crippen LogP contribution is -2.20. The van der Waals surface area contributed by atoms with Crippen molar-refractivity contribution in [3.63, 3.8) is 0 Å². The van der Waals surface area contributed by atoms with Gasteiger partial charge in [0.25, 0.3) is 0 Å². The molecule has 7 heteroatoms. The molecule has 116 valence electrons. The first-order valence-electron chi connectivity index (χ1n) is 6.46. The summed E-state index contributed by atoms with van der Waals surface area (Å²) >= 11 is 6.99. The van der Waals surface area contributed by atoms with E-state index in [2.05, 4.69) is 0 Å². The number of hydrogen-bond acceptors (Lipinski definition) is 4. The van der Waals surface area contributed by atoms with Gasteiger partial charge in [-0.3, -0.25) is 4.79 Å². The summed E-state index contributed by atoms with van der Waals surface area (Å²) in [6, 6.07) is 2.08. The fourth-order valence-corrected chi connectivity index (χ4v) is 2.81. The van der Waals surface area contributed by atoms with Crippen molar-refractivity contribution in [1.29, 1.82) is 0 Å². The second-order valence-corrected chi connectivity index (χ2v) is 5.90. The number of thioether (sulfide) groups is 1. The monoisotopic (exact) mass is 334 g/mol. The van der Waals surface area contributed by atoms with Crippen LogP contribution in [-0.4, -0.2) is 28.9 Å². The number of ether oxygens (including phenoxy) is 1. The molecule has 0 aliphatic carbocycles. The minimum Gasteiger partial charge on any atom is -0.478 e. The minimum atomic E-state index is -1.38. The molecule has 1 aromatic rings. The third kappa shape index (κ3) is 4.89. The van der Waals surface area contributed by atoms with E-state index in [-0.39, 0.29) is 11.0 Å². The topological polar surface area (TPSA) is 63.6 Å². The van der Waals surface area contributed by atoms with Crippen molar-refractivity contribution in [1.82, 2.24) is 0 Å². The van der Waals surface area contributed by atoms with Crippen LogP contribution in [0.5, 0.6) is 0 Å². The maximum absolute atomic E-state index is 13.5. The molecule has 1 aromatic carbocycles. The Kier molecular flexibility index (Phi) is 6.98. The number of carbonyl (C=O) groups excluding carboxylic acids is 1. The molecule has 1 N–H and O–H groups in total. The van der Waals surface area contributed by atoms with Gasteiger partial charge in [-0.05, 0) is 25.0 Å². The quantitative estimate of drug-likeness (QED) is 0.603. The molecular weight excluding hydrogens is 319 g/mol. The lowest BCUT2D eigenvalue weighted by Gasteiger charge is -2.15. The highest BCUT2D eigenvalue weighted by molar-refractivity contribution is 8.00. The summed E-state index contributed by atoms with van der Waals surface area (Å²) in [5, 5.41) is 8.47. The molecular formula is C14H16ClFO4S. The molecule has 0 radical (unpaired) electrons. The molecule has 0 aliphatic heterocycles. The molecule has 1 rings (SSSR count).